The van der Waals surface area contributed by atoms with Gasteiger partial charge in [-0.2, -0.15) is 0 Å². The molecule has 0 aromatic carbocycles. The molecule has 0 spiro atoms. The second-order valence-electron chi connectivity index (χ2n) is 4.62. The molecule has 92 valence electrons. The Morgan fingerprint density at radius 2 is 2.00 bits per heavy atom. The third-order valence-corrected chi connectivity index (χ3v) is 3.21. The molecule has 2 heterocycles. The van der Waals surface area contributed by atoms with Gasteiger partial charge in [0.25, 0.3) is 0 Å². The van der Waals surface area contributed by atoms with E-state index in [4.69, 9.17) is 5.73 Å². The average molecular weight is 233 g/mol. The van der Waals surface area contributed by atoms with E-state index in [1.54, 1.807) is 0 Å². The van der Waals surface area contributed by atoms with E-state index >= 15 is 0 Å². The molecule has 0 bridgehead atoms. The van der Waals surface area contributed by atoms with Crippen LogP contribution in [0.25, 0.3) is 11.0 Å². The van der Waals surface area contributed by atoms with Crippen molar-refractivity contribution in [3.8, 4) is 0 Å². The first-order chi connectivity index (χ1) is 8.02. The molecule has 0 amide bonds. The first kappa shape index (κ1) is 11.9. The number of aromatic nitrogens is 3. The highest BCUT2D eigenvalue weighted by atomic mass is 15.1. The van der Waals surface area contributed by atoms with Gasteiger partial charge in [0.2, 0.25) is 0 Å². The van der Waals surface area contributed by atoms with Crippen molar-refractivity contribution >= 4 is 16.9 Å². The number of hydrogen-bond donors (Lipinski definition) is 1. The van der Waals surface area contributed by atoms with Gasteiger partial charge in [-0.1, -0.05) is 0 Å². The van der Waals surface area contributed by atoms with Gasteiger partial charge in [0.15, 0.2) is 0 Å². The molecule has 2 N–H and O–H groups in total. The van der Waals surface area contributed by atoms with Crippen LogP contribution in [0.2, 0.25) is 0 Å². The Morgan fingerprint density at radius 3 is 2.65 bits per heavy atom. The van der Waals surface area contributed by atoms with Crippen molar-refractivity contribution in [3.63, 3.8) is 0 Å². The minimum Gasteiger partial charge on any atom is -0.383 e. The van der Waals surface area contributed by atoms with Crippen LogP contribution in [0.1, 0.15) is 11.3 Å². The molecule has 2 aromatic heterocycles. The molecule has 5 heteroatoms. The highest BCUT2D eigenvalue weighted by Crippen LogP contribution is 2.26. The smallest absolute Gasteiger partial charge is 0.145 e. The summed E-state index contributed by atoms with van der Waals surface area (Å²) in [6.07, 6.45) is 1.53. The molecule has 0 fully saturated rings. The largest absolute Gasteiger partial charge is 0.383 e. The molecular weight excluding hydrogens is 214 g/mol. The van der Waals surface area contributed by atoms with Crippen LogP contribution in [-0.2, 0) is 6.54 Å². The van der Waals surface area contributed by atoms with Crippen LogP contribution >= 0.6 is 0 Å². The van der Waals surface area contributed by atoms with E-state index in [1.165, 1.54) is 17.6 Å². The van der Waals surface area contributed by atoms with Crippen LogP contribution in [0, 0.1) is 13.8 Å². The van der Waals surface area contributed by atoms with Crippen LogP contribution in [0.15, 0.2) is 6.33 Å². The Labute approximate surface area is 101 Å². The molecule has 0 aliphatic heterocycles. The van der Waals surface area contributed by atoms with Crippen LogP contribution in [0.4, 0.5) is 5.82 Å². The van der Waals surface area contributed by atoms with Gasteiger partial charge >= 0.3 is 0 Å². The van der Waals surface area contributed by atoms with Crippen molar-refractivity contribution < 1.29 is 0 Å². The fourth-order valence-electron chi connectivity index (χ4n) is 2.07. The van der Waals surface area contributed by atoms with E-state index in [9.17, 15) is 0 Å². The summed E-state index contributed by atoms with van der Waals surface area (Å²) in [6.45, 7) is 6.07. The first-order valence-electron chi connectivity index (χ1n) is 5.73. The third kappa shape index (κ3) is 1.98. The van der Waals surface area contributed by atoms with Gasteiger partial charge in [-0.25, -0.2) is 9.97 Å². The molecule has 5 nitrogen and oxygen atoms in total. The summed E-state index contributed by atoms with van der Waals surface area (Å²) in [5.41, 5.74) is 9.25. The summed E-state index contributed by atoms with van der Waals surface area (Å²) >= 11 is 0. The summed E-state index contributed by atoms with van der Waals surface area (Å²) < 4.78 is 2.21. The first-order valence-corrected chi connectivity index (χ1v) is 5.73. The molecule has 0 aliphatic carbocycles. The molecule has 0 saturated carbocycles. The second kappa shape index (κ2) is 4.33. The zero-order chi connectivity index (χ0) is 12.6. The number of nitrogens with two attached hydrogens (primary N) is 1. The molecule has 0 unspecified atom stereocenters. The maximum atomic E-state index is 5.92. The van der Waals surface area contributed by atoms with E-state index in [2.05, 4.69) is 47.4 Å². The van der Waals surface area contributed by atoms with E-state index in [1.807, 2.05) is 0 Å². The molecular formula is C12H19N5. The van der Waals surface area contributed by atoms with Crippen molar-refractivity contribution in [2.45, 2.75) is 20.4 Å². The summed E-state index contributed by atoms with van der Waals surface area (Å²) in [5, 5.41) is 0.990. The lowest BCUT2D eigenvalue weighted by atomic mass is 10.2. The third-order valence-electron chi connectivity index (χ3n) is 3.21. The summed E-state index contributed by atoms with van der Waals surface area (Å²) in [7, 11) is 4.13. The molecule has 0 saturated heterocycles. The van der Waals surface area contributed by atoms with Gasteiger partial charge in [0.1, 0.15) is 17.8 Å². The fourth-order valence-corrected chi connectivity index (χ4v) is 2.07. The fraction of sp³-hybridized carbons (Fsp3) is 0.500. The number of anilines is 1. The average Bonchev–Trinajstić information content (AvgIpc) is 2.51. The number of fused-ring (bicyclic) bond motifs is 1. The maximum absolute atomic E-state index is 5.92. The monoisotopic (exact) mass is 233 g/mol. The van der Waals surface area contributed by atoms with E-state index < -0.39 is 0 Å². The number of aryl methyl sites for hydroxylation is 1. The van der Waals surface area contributed by atoms with Crippen LogP contribution in [0.5, 0.6) is 0 Å². The number of hydrogen-bond acceptors (Lipinski definition) is 4. The summed E-state index contributed by atoms with van der Waals surface area (Å²) in [4.78, 5) is 10.6. The molecule has 17 heavy (non-hydrogen) atoms. The van der Waals surface area contributed by atoms with Crippen LogP contribution in [-0.4, -0.2) is 40.1 Å². The highest BCUT2D eigenvalue weighted by molar-refractivity contribution is 5.90. The van der Waals surface area contributed by atoms with Crippen molar-refractivity contribution in [3.05, 3.63) is 17.6 Å². The number of nitrogens with zero attached hydrogens (tertiary/aromatic N) is 4. The van der Waals surface area contributed by atoms with Crippen molar-refractivity contribution in [2.75, 3.05) is 26.4 Å². The van der Waals surface area contributed by atoms with Gasteiger partial charge in [-0.3, -0.25) is 0 Å². The Kier molecular flexibility index (Phi) is 3.02. The quantitative estimate of drug-likeness (QED) is 0.865. The van der Waals surface area contributed by atoms with Gasteiger partial charge in [0, 0.05) is 18.8 Å². The maximum Gasteiger partial charge on any atom is 0.145 e. The van der Waals surface area contributed by atoms with Crippen molar-refractivity contribution in [1.29, 1.82) is 0 Å². The van der Waals surface area contributed by atoms with Gasteiger partial charge in [-0.15, -0.1) is 0 Å². The summed E-state index contributed by atoms with van der Waals surface area (Å²) in [6, 6.07) is 0. The minimum atomic E-state index is 0.569. The zero-order valence-corrected chi connectivity index (χ0v) is 10.9. The highest BCUT2D eigenvalue weighted by Gasteiger charge is 2.14. The molecule has 0 radical (unpaired) electrons. The number of likely N-dealkylation sites (N-methyl/N-ethyl adjacent to an activating group) is 1. The lowest BCUT2D eigenvalue weighted by molar-refractivity contribution is 0.384. The SMILES string of the molecule is Cc1c(C)n(CCN(C)C)c2ncnc(N)c12. The predicted octanol–water partition coefficient (Wildman–Crippen LogP) is 1.19. The minimum absolute atomic E-state index is 0.569. The van der Waals surface area contributed by atoms with Gasteiger partial charge in [0.05, 0.1) is 5.39 Å². The van der Waals surface area contributed by atoms with Crippen LogP contribution < -0.4 is 5.73 Å². The predicted molar refractivity (Wildman–Crippen MR) is 70.0 cm³/mol. The Bertz CT molecular complexity index is 541. The van der Waals surface area contributed by atoms with E-state index in [0.29, 0.717) is 5.82 Å². The van der Waals surface area contributed by atoms with Crippen molar-refractivity contribution in [2.24, 2.45) is 0 Å². The van der Waals surface area contributed by atoms with E-state index in [0.717, 1.165) is 24.1 Å². The van der Waals surface area contributed by atoms with Gasteiger partial charge in [-0.05, 0) is 33.5 Å². The molecule has 2 rings (SSSR count). The topological polar surface area (TPSA) is 60.0 Å². The Hall–Kier alpha value is -1.62. The normalized spacial score (nSPS) is 11.6. The van der Waals surface area contributed by atoms with Gasteiger partial charge < -0.3 is 15.2 Å². The Balaban J connectivity index is 2.55. The zero-order valence-electron chi connectivity index (χ0n) is 10.9. The lowest BCUT2D eigenvalue weighted by Gasteiger charge is -2.12. The number of rotatable bonds is 3. The molecule has 0 aliphatic rings. The second-order valence-corrected chi connectivity index (χ2v) is 4.62. The van der Waals surface area contributed by atoms with Crippen molar-refractivity contribution in [1.82, 2.24) is 19.4 Å². The number of nitrogen functional groups attached to an aromatic ring is 1. The standard InChI is InChI=1S/C12H19N5/c1-8-9(2)17(6-5-16(3)4)12-10(8)11(13)14-7-15-12/h7H,5-6H2,1-4H3,(H2,13,14,15). The lowest BCUT2D eigenvalue weighted by Crippen LogP contribution is -2.19. The van der Waals surface area contributed by atoms with E-state index in [-0.39, 0.29) is 0 Å². The Morgan fingerprint density at radius 1 is 1.29 bits per heavy atom. The summed E-state index contributed by atoms with van der Waals surface area (Å²) in [5.74, 6) is 0.569. The molecule has 2 aromatic rings. The molecule has 0 atom stereocenters. The van der Waals surface area contributed by atoms with Crippen LogP contribution in [0.3, 0.4) is 0 Å².